The van der Waals surface area contributed by atoms with Crippen LogP contribution in [0.4, 0.5) is 0 Å². The lowest BCUT2D eigenvalue weighted by atomic mass is 9.90. The van der Waals surface area contributed by atoms with E-state index >= 15 is 0 Å². The zero-order chi connectivity index (χ0) is 38.1. The van der Waals surface area contributed by atoms with E-state index in [2.05, 4.69) is 20.5 Å². The zero-order valence-corrected chi connectivity index (χ0v) is 29.2. The first kappa shape index (κ1) is 42.5. The molecule has 0 aliphatic rings. The van der Waals surface area contributed by atoms with Crippen molar-refractivity contribution in [2.24, 2.45) is 5.92 Å². The number of furan rings is 1. The molecule has 0 spiro atoms. The van der Waals surface area contributed by atoms with Crippen molar-refractivity contribution in [1.82, 2.24) is 21.0 Å². The first-order valence-electron chi connectivity index (χ1n) is 15.9. The molecule has 8 N–H and O–H groups in total. The predicted molar refractivity (Wildman–Crippen MR) is 177 cm³/mol. The van der Waals surface area contributed by atoms with Gasteiger partial charge in [0, 0.05) is 5.56 Å². The largest absolute Gasteiger partial charge is 0.569 e. The molecule has 0 fully saturated rings. The maximum Gasteiger partial charge on any atom is 0.569 e. The quantitative estimate of drug-likeness (QED) is 0.0250. The molecule has 51 heavy (non-hydrogen) atoms. The minimum Gasteiger partial charge on any atom is -0.493 e. The number of unbranched alkanes of at least 4 members (excludes halogenated alkanes) is 2. The van der Waals surface area contributed by atoms with Gasteiger partial charge in [-0.25, -0.2) is 14.7 Å². The SMILES string of the molecule is CCCCC[C@@H](C(=O)NCNC(=O)c1ccc(-c2ccc(C(=O)N[C@@H](CC(=O)O)C(=O)O)c(OCC)c2)o1)[C@@H](CC)N(C=O)OCO[P+](O)(O)O. The standard InChI is InChI=1S/C31H43N4O15P/c1-4-7-8-9-20(23(5-2)35(17-36)48-18-49-51(44,45)46)28(39)32-16-33-30(41)25-13-12-24(50-25)19-10-11-21(26(14-19)47-6-3)29(40)34-22(31(42)43)15-27(37)38/h10-14,17,20,22-23,44-46H,4-9,15-16,18H2,1-3H3,(H4-,32,33,34,37,38,39,40,41,42,43)/p+1/t20-,22+,23-/m1/s1. The van der Waals surface area contributed by atoms with E-state index in [0.29, 0.717) is 24.8 Å². The summed E-state index contributed by atoms with van der Waals surface area (Å²) in [6.07, 6.45) is 2.37. The topological polar surface area (TPSA) is 284 Å². The fourth-order valence-corrected chi connectivity index (χ4v) is 5.10. The summed E-state index contributed by atoms with van der Waals surface area (Å²) in [5.41, 5.74) is 0.330. The number of hydrogen-bond acceptors (Lipinski definition) is 13. The van der Waals surface area contributed by atoms with E-state index in [9.17, 15) is 33.9 Å². The number of carboxylic acid groups (broad SMARTS) is 2. The minimum absolute atomic E-state index is 0.0480. The molecule has 19 nitrogen and oxygen atoms in total. The van der Waals surface area contributed by atoms with Crippen LogP contribution in [-0.2, 0) is 28.5 Å². The molecule has 1 aromatic heterocycles. The summed E-state index contributed by atoms with van der Waals surface area (Å²) in [5, 5.41) is 26.3. The van der Waals surface area contributed by atoms with Gasteiger partial charge < -0.3 is 35.3 Å². The number of nitrogens with zero attached hydrogens (tertiary/aromatic N) is 1. The lowest BCUT2D eigenvalue weighted by molar-refractivity contribution is -0.222. The Kier molecular flexibility index (Phi) is 17.4. The molecule has 0 saturated heterocycles. The maximum atomic E-state index is 13.3. The highest BCUT2D eigenvalue weighted by molar-refractivity contribution is 7.53. The maximum absolute atomic E-state index is 13.3. The van der Waals surface area contributed by atoms with Crippen LogP contribution in [-0.4, -0.2) is 98.2 Å². The fourth-order valence-electron chi connectivity index (χ4n) is 4.91. The number of hydrogen-bond donors (Lipinski definition) is 8. The van der Waals surface area contributed by atoms with Gasteiger partial charge in [0.2, 0.25) is 19.1 Å². The highest BCUT2D eigenvalue weighted by atomic mass is 31.2. The number of amides is 4. The van der Waals surface area contributed by atoms with Crippen molar-refractivity contribution < 1.29 is 72.2 Å². The van der Waals surface area contributed by atoms with Crippen molar-refractivity contribution in [2.45, 2.75) is 71.4 Å². The van der Waals surface area contributed by atoms with Crippen molar-refractivity contribution in [3.63, 3.8) is 0 Å². The molecule has 4 amide bonds. The van der Waals surface area contributed by atoms with E-state index in [-0.39, 0.29) is 42.5 Å². The molecule has 3 atom stereocenters. The summed E-state index contributed by atoms with van der Waals surface area (Å²) < 4.78 is 15.6. The van der Waals surface area contributed by atoms with Crippen LogP contribution in [0.15, 0.2) is 34.7 Å². The van der Waals surface area contributed by atoms with Crippen LogP contribution in [0.5, 0.6) is 5.75 Å². The lowest BCUT2D eigenvalue weighted by Gasteiger charge is -2.32. The van der Waals surface area contributed by atoms with Gasteiger partial charge in [-0.15, -0.1) is 4.52 Å². The second kappa shape index (κ2) is 20.9. The molecule has 1 aromatic carbocycles. The van der Waals surface area contributed by atoms with Gasteiger partial charge in [0.15, 0.2) is 5.76 Å². The molecule has 2 aromatic rings. The van der Waals surface area contributed by atoms with Crippen LogP contribution >= 0.6 is 8.17 Å². The molecule has 0 aliphatic heterocycles. The molecule has 1 heterocycles. The lowest BCUT2D eigenvalue weighted by Crippen LogP contribution is -2.48. The van der Waals surface area contributed by atoms with Gasteiger partial charge in [-0.2, -0.15) is 14.7 Å². The first-order valence-corrected chi connectivity index (χ1v) is 17.5. The van der Waals surface area contributed by atoms with E-state index in [1.54, 1.807) is 13.8 Å². The average molecular weight is 744 g/mol. The molecular weight excluding hydrogens is 699 g/mol. The van der Waals surface area contributed by atoms with Crippen molar-refractivity contribution in [1.29, 1.82) is 0 Å². The Morgan fingerprint density at radius 1 is 0.980 bits per heavy atom. The summed E-state index contributed by atoms with van der Waals surface area (Å²) in [5.74, 6) is -5.68. The number of rotatable bonds is 24. The van der Waals surface area contributed by atoms with E-state index in [1.807, 2.05) is 6.92 Å². The number of ether oxygens (including phenoxy) is 1. The van der Waals surface area contributed by atoms with Gasteiger partial charge in [-0.1, -0.05) is 39.2 Å². The van der Waals surface area contributed by atoms with Crippen molar-refractivity contribution in [3.05, 3.63) is 41.7 Å². The Labute approximate surface area is 293 Å². The van der Waals surface area contributed by atoms with E-state index < -0.39 is 69.0 Å². The molecule has 20 heteroatoms. The monoisotopic (exact) mass is 743 g/mol. The summed E-state index contributed by atoms with van der Waals surface area (Å²) in [6, 6.07) is 4.60. The summed E-state index contributed by atoms with van der Waals surface area (Å²) in [7, 11) is -4.62. The van der Waals surface area contributed by atoms with E-state index in [0.717, 1.165) is 17.9 Å². The number of benzene rings is 1. The van der Waals surface area contributed by atoms with Gasteiger partial charge in [-0.05, 0) is 44.0 Å². The van der Waals surface area contributed by atoms with Gasteiger partial charge >= 0.3 is 20.1 Å². The van der Waals surface area contributed by atoms with Crippen LogP contribution in [0.2, 0.25) is 0 Å². The van der Waals surface area contributed by atoms with Crippen LogP contribution in [0.3, 0.4) is 0 Å². The highest BCUT2D eigenvalue weighted by Gasteiger charge is 2.36. The Bertz CT molecular complexity index is 1500. The third kappa shape index (κ3) is 13.9. The van der Waals surface area contributed by atoms with Crippen LogP contribution in [0, 0.1) is 5.92 Å². The molecule has 0 radical (unpaired) electrons. The molecule has 282 valence electrons. The van der Waals surface area contributed by atoms with Crippen LogP contribution in [0.25, 0.3) is 11.3 Å². The van der Waals surface area contributed by atoms with Crippen molar-refractivity contribution in [3.8, 4) is 17.1 Å². The third-order valence-corrected chi connectivity index (χ3v) is 7.78. The van der Waals surface area contributed by atoms with Gasteiger partial charge in [0.25, 0.3) is 11.8 Å². The number of aliphatic carboxylic acids is 2. The normalized spacial score (nSPS) is 13.0. The minimum atomic E-state index is -4.62. The van der Waals surface area contributed by atoms with Crippen LogP contribution < -0.4 is 20.7 Å². The highest BCUT2D eigenvalue weighted by Crippen LogP contribution is 2.45. The smallest absolute Gasteiger partial charge is 0.493 e. The Morgan fingerprint density at radius 3 is 2.29 bits per heavy atom. The number of hydroxylamine groups is 2. The van der Waals surface area contributed by atoms with Crippen LogP contribution in [0.1, 0.15) is 80.2 Å². The average Bonchev–Trinajstić information content (AvgIpc) is 3.56. The summed E-state index contributed by atoms with van der Waals surface area (Å²) in [4.78, 5) is 105. The third-order valence-electron chi connectivity index (χ3n) is 7.33. The Morgan fingerprint density at radius 2 is 1.71 bits per heavy atom. The van der Waals surface area contributed by atoms with Gasteiger partial charge in [0.1, 0.15) is 17.6 Å². The van der Waals surface area contributed by atoms with E-state index in [4.69, 9.17) is 33.8 Å². The molecular formula is C31H44N4O15P+. The molecule has 0 saturated carbocycles. The van der Waals surface area contributed by atoms with Crippen molar-refractivity contribution >= 4 is 44.2 Å². The molecule has 2 rings (SSSR count). The fraction of sp³-hybridized carbons (Fsp3) is 0.484. The van der Waals surface area contributed by atoms with Gasteiger partial charge in [0.05, 0.1) is 37.2 Å². The van der Waals surface area contributed by atoms with E-state index in [1.165, 1.54) is 30.3 Å². The molecule has 0 bridgehead atoms. The van der Waals surface area contributed by atoms with Gasteiger partial charge in [-0.3, -0.25) is 24.0 Å². The number of carbonyl (C=O) groups excluding carboxylic acids is 4. The van der Waals surface area contributed by atoms with Crippen molar-refractivity contribution in [2.75, 3.05) is 20.1 Å². The number of carbonyl (C=O) groups is 6. The Balaban J connectivity index is 2.13. The number of carboxylic acids is 2. The first-order chi connectivity index (χ1) is 24.1. The Hall–Kier alpha value is -4.65. The zero-order valence-electron chi connectivity index (χ0n) is 28.3. The summed E-state index contributed by atoms with van der Waals surface area (Å²) >= 11 is 0. The summed E-state index contributed by atoms with van der Waals surface area (Å²) in [6.45, 7) is 4.28. The number of nitrogens with one attached hydrogen (secondary N) is 3. The second-order valence-corrected chi connectivity index (χ2v) is 12.2. The molecule has 0 aliphatic carbocycles. The predicted octanol–water partition coefficient (Wildman–Crippen LogP) is 1.80. The second-order valence-electron chi connectivity index (χ2n) is 10.9. The molecule has 0 unspecified atom stereocenters.